The number of methoxy groups -OCH3 is 1. The molecule has 204 valence electrons. The maximum Gasteiger partial charge on any atom is 0.322 e. The summed E-state index contributed by atoms with van der Waals surface area (Å²) in [5.74, 6) is -1.17. The molecule has 4 aromatic rings. The average molecular weight is 551 g/mol. The summed E-state index contributed by atoms with van der Waals surface area (Å²) in [7, 11) is -2.43. The summed E-state index contributed by atoms with van der Waals surface area (Å²) in [6.07, 6.45) is 0. The maximum absolute atomic E-state index is 13.0. The molecule has 4 rings (SSSR count). The Morgan fingerprint density at radius 2 is 1.51 bits per heavy atom. The summed E-state index contributed by atoms with van der Waals surface area (Å²) in [5.41, 5.74) is 4.31. The Bertz CT molecular complexity index is 1640. The number of amides is 1. The van der Waals surface area contributed by atoms with Crippen molar-refractivity contribution in [3.63, 3.8) is 0 Å². The Morgan fingerprint density at radius 1 is 0.923 bits per heavy atom. The van der Waals surface area contributed by atoms with E-state index in [1.54, 1.807) is 57.4 Å². The van der Waals surface area contributed by atoms with E-state index in [1.165, 1.54) is 12.1 Å². The highest BCUT2D eigenvalue weighted by Gasteiger charge is 2.28. The first kappa shape index (κ1) is 27.9. The highest BCUT2D eigenvalue weighted by Crippen LogP contribution is 2.36. The van der Waals surface area contributed by atoms with Crippen LogP contribution in [0.5, 0.6) is 5.75 Å². The van der Waals surface area contributed by atoms with Gasteiger partial charge in [-0.3, -0.25) is 9.59 Å². The lowest BCUT2D eigenvalue weighted by atomic mass is 10.1. The molecule has 1 atom stereocenters. The molecule has 0 fully saturated rings. The van der Waals surface area contributed by atoms with Crippen LogP contribution in [0.15, 0.2) is 70.0 Å². The lowest BCUT2D eigenvalue weighted by Gasteiger charge is -2.18. The lowest BCUT2D eigenvalue weighted by molar-refractivity contribution is -0.140. The number of aryl methyl sites for hydroxylation is 2. The fourth-order valence-electron chi connectivity index (χ4n) is 4.36. The Kier molecular flexibility index (Phi) is 7.80. The van der Waals surface area contributed by atoms with Crippen LogP contribution in [0.1, 0.15) is 35.5 Å². The van der Waals surface area contributed by atoms with Crippen molar-refractivity contribution in [2.75, 3.05) is 12.4 Å². The van der Waals surface area contributed by atoms with Crippen molar-refractivity contribution < 1.29 is 32.3 Å². The van der Waals surface area contributed by atoms with Gasteiger partial charge >= 0.3 is 5.97 Å². The number of ether oxygens (including phenoxy) is 1. The largest absolute Gasteiger partial charge is 0.496 e. The van der Waals surface area contributed by atoms with Crippen LogP contribution in [0.2, 0.25) is 0 Å². The third-order valence-electron chi connectivity index (χ3n) is 6.51. The molecule has 0 aliphatic rings. The predicted octanol–water partition coefficient (Wildman–Crippen LogP) is 5.37. The van der Waals surface area contributed by atoms with Gasteiger partial charge in [0.15, 0.2) is 5.76 Å². The quantitative estimate of drug-likeness (QED) is 0.255. The Hall–Kier alpha value is -4.15. The second-order valence-electron chi connectivity index (χ2n) is 9.58. The van der Waals surface area contributed by atoms with Crippen molar-refractivity contribution in [2.24, 2.45) is 5.92 Å². The van der Waals surface area contributed by atoms with E-state index in [9.17, 15) is 23.1 Å². The first-order valence-electron chi connectivity index (χ1n) is 12.3. The second-order valence-corrected chi connectivity index (χ2v) is 11.3. The third kappa shape index (κ3) is 5.67. The molecule has 9 nitrogen and oxygen atoms in total. The van der Waals surface area contributed by atoms with Gasteiger partial charge in [0, 0.05) is 11.3 Å². The van der Waals surface area contributed by atoms with Gasteiger partial charge in [0.05, 0.1) is 17.4 Å². The third-order valence-corrected chi connectivity index (χ3v) is 7.97. The zero-order chi connectivity index (χ0) is 28.5. The number of carboxylic acid groups (broad SMARTS) is 1. The van der Waals surface area contributed by atoms with Crippen LogP contribution in [-0.2, 0) is 14.8 Å². The number of carboxylic acids is 1. The number of anilines is 1. The summed E-state index contributed by atoms with van der Waals surface area (Å²) in [6, 6.07) is 15.7. The molecule has 1 amide bonds. The van der Waals surface area contributed by atoms with Crippen molar-refractivity contribution in [2.45, 2.75) is 38.6 Å². The number of aliphatic carboxylic acids is 1. The Balaban J connectivity index is 1.49. The van der Waals surface area contributed by atoms with Gasteiger partial charge in [-0.1, -0.05) is 44.2 Å². The normalized spacial score (nSPS) is 12.5. The first-order chi connectivity index (χ1) is 18.4. The van der Waals surface area contributed by atoms with Crippen LogP contribution >= 0.6 is 0 Å². The highest BCUT2D eigenvalue weighted by molar-refractivity contribution is 7.89. The van der Waals surface area contributed by atoms with Crippen molar-refractivity contribution in [1.82, 2.24) is 4.72 Å². The number of fused-ring (bicyclic) bond motifs is 1. The van der Waals surface area contributed by atoms with E-state index in [1.807, 2.05) is 26.0 Å². The molecule has 3 aromatic carbocycles. The molecular formula is C29H30N2O7S. The van der Waals surface area contributed by atoms with Crippen LogP contribution in [0.3, 0.4) is 0 Å². The number of hydrogen-bond acceptors (Lipinski definition) is 6. The number of nitrogens with one attached hydrogen (secondary N) is 2. The Labute approximate surface area is 226 Å². The van der Waals surface area contributed by atoms with Crippen molar-refractivity contribution in [3.8, 4) is 16.9 Å². The van der Waals surface area contributed by atoms with E-state index < -0.39 is 28.0 Å². The molecule has 0 radical (unpaired) electrons. The van der Waals surface area contributed by atoms with Gasteiger partial charge in [-0.2, -0.15) is 4.72 Å². The number of hydrogen-bond donors (Lipinski definition) is 3. The van der Waals surface area contributed by atoms with Gasteiger partial charge in [0.2, 0.25) is 10.0 Å². The van der Waals surface area contributed by atoms with Crippen LogP contribution < -0.4 is 14.8 Å². The van der Waals surface area contributed by atoms with E-state index in [4.69, 9.17) is 9.15 Å². The molecule has 1 aromatic heterocycles. The molecule has 0 spiro atoms. The number of benzene rings is 3. The van der Waals surface area contributed by atoms with Crippen LogP contribution in [0.25, 0.3) is 22.1 Å². The number of carbonyl (C=O) groups is 2. The second kappa shape index (κ2) is 10.9. The molecule has 0 bridgehead atoms. The van der Waals surface area contributed by atoms with Gasteiger partial charge < -0.3 is 19.6 Å². The molecule has 0 saturated carbocycles. The topological polar surface area (TPSA) is 135 Å². The van der Waals surface area contributed by atoms with Gasteiger partial charge in [0.1, 0.15) is 17.4 Å². The van der Waals surface area contributed by atoms with Crippen molar-refractivity contribution in [3.05, 3.63) is 77.6 Å². The fourth-order valence-corrected chi connectivity index (χ4v) is 5.69. The minimum atomic E-state index is -4.01. The zero-order valence-corrected chi connectivity index (χ0v) is 23.0. The standard InChI is InChI=1S/C29H30N2O7S/c1-16(2)25(29(33)34)31-39(35,36)22-13-9-20(10-14-22)19-7-11-21(12-8-19)30-28(32)27-18(4)24-23(38-27)15-6-17(3)26(24)37-5/h6-16,25,31H,1-5H3,(H,30,32)(H,33,34)/t25-/m0/s1. The van der Waals surface area contributed by atoms with E-state index >= 15 is 0 Å². The van der Waals surface area contributed by atoms with E-state index in [-0.39, 0.29) is 16.6 Å². The molecule has 0 aliphatic carbocycles. The summed E-state index contributed by atoms with van der Waals surface area (Å²) < 4.78 is 38.9. The summed E-state index contributed by atoms with van der Waals surface area (Å²) >= 11 is 0. The van der Waals surface area contributed by atoms with Gasteiger partial charge in [0.25, 0.3) is 5.91 Å². The van der Waals surface area contributed by atoms with Gasteiger partial charge in [-0.15, -0.1) is 0 Å². The van der Waals surface area contributed by atoms with Crippen LogP contribution in [0, 0.1) is 19.8 Å². The molecule has 1 heterocycles. The summed E-state index contributed by atoms with van der Waals surface area (Å²) in [4.78, 5) is 24.4. The molecule has 0 saturated heterocycles. The molecular weight excluding hydrogens is 520 g/mol. The fraction of sp³-hybridized carbons (Fsp3) is 0.241. The van der Waals surface area contributed by atoms with Crippen molar-refractivity contribution in [1.29, 1.82) is 0 Å². The first-order valence-corrected chi connectivity index (χ1v) is 13.7. The van der Waals surface area contributed by atoms with Crippen LogP contribution in [-0.4, -0.2) is 38.6 Å². The molecule has 39 heavy (non-hydrogen) atoms. The molecule has 10 heteroatoms. The van der Waals surface area contributed by atoms with Gasteiger partial charge in [-0.05, 0) is 66.8 Å². The van der Waals surface area contributed by atoms with E-state index in [0.717, 1.165) is 22.1 Å². The minimum Gasteiger partial charge on any atom is -0.496 e. The lowest BCUT2D eigenvalue weighted by Crippen LogP contribution is -2.44. The molecule has 3 N–H and O–H groups in total. The zero-order valence-electron chi connectivity index (χ0n) is 22.2. The molecule has 0 unspecified atom stereocenters. The van der Waals surface area contributed by atoms with E-state index in [0.29, 0.717) is 22.6 Å². The van der Waals surface area contributed by atoms with E-state index in [2.05, 4.69) is 10.0 Å². The predicted molar refractivity (Wildman–Crippen MR) is 149 cm³/mol. The smallest absolute Gasteiger partial charge is 0.322 e. The number of rotatable bonds is 9. The number of sulfonamides is 1. The van der Waals surface area contributed by atoms with Gasteiger partial charge in [-0.25, -0.2) is 8.42 Å². The minimum absolute atomic E-state index is 0.0323. The maximum atomic E-state index is 13.0. The monoisotopic (exact) mass is 550 g/mol. The SMILES string of the molecule is COc1c(C)ccc2oc(C(=O)Nc3ccc(-c4ccc(S(=O)(=O)N[C@H](C(=O)O)C(C)C)cc4)cc3)c(C)c12. The number of carbonyl (C=O) groups excluding carboxylic acids is 1. The summed E-state index contributed by atoms with van der Waals surface area (Å²) in [5, 5.41) is 12.9. The highest BCUT2D eigenvalue weighted by atomic mass is 32.2. The van der Waals surface area contributed by atoms with Crippen LogP contribution in [0.4, 0.5) is 5.69 Å². The van der Waals surface area contributed by atoms with Crippen molar-refractivity contribution >= 4 is 38.6 Å². The summed E-state index contributed by atoms with van der Waals surface area (Å²) in [6.45, 7) is 7.01. The number of furan rings is 1. The molecule has 0 aliphatic heterocycles. The average Bonchev–Trinajstić information content (AvgIpc) is 3.24. The Morgan fingerprint density at radius 3 is 2.05 bits per heavy atom.